The number of carbonyl (C=O) groups is 1. The lowest BCUT2D eigenvalue weighted by Gasteiger charge is -2.16. The van der Waals surface area contributed by atoms with Crippen LogP contribution in [0.25, 0.3) is 10.8 Å². The molecule has 0 aromatic heterocycles. The first-order valence-electron chi connectivity index (χ1n) is 5.73. The van der Waals surface area contributed by atoms with Crippen molar-refractivity contribution in [2.75, 3.05) is 11.4 Å². The second-order valence-electron chi connectivity index (χ2n) is 4.54. The highest BCUT2D eigenvalue weighted by Gasteiger charge is 2.33. The van der Waals surface area contributed by atoms with Crippen LogP contribution >= 0.6 is 0 Å². The van der Waals surface area contributed by atoms with E-state index in [9.17, 15) is 4.79 Å². The molecule has 0 atom stereocenters. The van der Waals surface area contributed by atoms with E-state index in [-0.39, 0.29) is 5.91 Å². The largest absolute Gasteiger partial charge is 0.308 e. The predicted molar refractivity (Wildman–Crippen MR) is 63.9 cm³/mol. The molecule has 0 unspecified atom stereocenters. The molecule has 0 fully saturated rings. The monoisotopic (exact) mass is 209 g/mol. The van der Waals surface area contributed by atoms with Gasteiger partial charge in [-0.3, -0.25) is 4.79 Å². The molecule has 1 amide bonds. The normalized spacial score (nSPS) is 17.2. The average Bonchev–Trinajstić information content (AvgIpc) is 2.48. The number of hydrogen-bond acceptors (Lipinski definition) is 1. The molecule has 16 heavy (non-hydrogen) atoms. The number of carbonyl (C=O) groups excluding carboxylic acids is 1. The standard InChI is InChI=1S/C14H11NO/c16-14-13-10-4-2-8-15(14)11-5-1-3-9(6-7-10)12(11)13/h1,3,5-7H,2,4,8H2. The fraction of sp³-hybridized carbons (Fsp3) is 0.214. The summed E-state index contributed by atoms with van der Waals surface area (Å²) in [7, 11) is 0. The van der Waals surface area contributed by atoms with E-state index in [1.165, 1.54) is 16.3 Å². The molecule has 2 aromatic carbocycles. The number of benzene rings is 2. The van der Waals surface area contributed by atoms with E-state index >= 15 is 0 Å². The van der Waals surface area contributed by atoms with Gasteiger partial charge in [-0.1, -0.05) is 24.3 Å². The fourth-order valence-electron chi connectivity index (χ4n) is 2.97. The molecule has 4 rings (SSSR count). The second kappa shape index (κ2) is 2.64. The summed E-state index contributed by atoms with van der Waals surface area (Å²) in [6.07, 6.45) is 2.10. The molecule has 0 saturated heterocycles. The van der Waals surface area contributed by atoms with Crippen molar-refractivity contribution in [2.45, 2.75) is 12.8 Å². The third-order valence-electron chi connectivity index (χ3n) is 3.69. The Kier molecular flexibility index (Phi) is 1.38. The molecule has 0 saturated carbocycles. The zero-order valence-corrected chi connectivity index (χ0v) is 8.86. The highest BCUT2D eigenvalue weighted by atomic mass is 16.2. The molecule has 0 radical (unpaired) electrons. The third-order valence-corrected chi connectivity index (χ3v) is 3.69. The minimum atomic E-state index is 0.208. The van der Waals surface area contributed by atoms with E-state index in [0.717, 1.165) is 30.6 Å². The maximum absolute atomic E-state index is 12.3. The van der Waals surface area contributed by atoms with Crippen molar-refractivity contribution < 1.29 is 4.79 Å². The summed E-state index contributed by atoms with van der Waals surface area (Å²) >= 11 is 0. The molecule has 0 spiro atoms. The lowest BCUT2D eigenvalue weighted by molar-refractivity contribution is 0.0995. The predicted octanol–water partition coefficient (Wildman–Crippen LogP) is 2.75. The van der Waals surface area contributed by atoms with Gasteiger partial charge in [-0.2, -0.15) is 0 Å². The minimum Gasteiger partial charge on any atom is -0.308 e. The molecule has 2 heterocycles. The van der Waals surface area contributed by atoms with E-state index < -0.39 is 0 Å². The summed E-state index contributed by atoms with van der Waals surface area (Å²) < 4.78 is 0. The van der Waals surface area contributed by atoms with E-state index in [2.05, 4.69) is 24.3 Å². The Bertz CT molecular complexity index is 630. The first-order valence-corrected chi connectivity index (χ1v) is 5.73. The third kappa shape index (κ3) is 0.815. The topological polar surface area (TPSA) is 20.3 Å². The summed E-state index contributed by atoms with van der Waals surface area (Å²) in [5, 5.41) is 2.36. The van der Waals surface area contributed by atoms with Crippen molar-refractivity contribution in [2.24, 2.45) is 0 Å². The average molecular weight is 209 g/mol. The van der Waals surface area contributed by atoms with Crippen LogP contribution in [0.4, 0.5) is 5.69 Å². The van der Waals surface area contributed by atoms with E-state index in [4.69, 9.17) is 0 Å². The SMILES string of the molecule is O=C1c2c3ccc4cccc(c24)N1CCC3. The van der Waals surface area contributed by atoms with Crippen LogP contribution in [0, 0.1) is 0 Å². The first kappa shape index (κ1) is 8.34. The van der Waals surface area contributed by atoms with E-state index in [0.29, 0.717) is 0 Å². The van der Waals surface area contributed by atoms with Gasteiger partial charge in [-0.25, -0.2) is 0 Å². The number of fused-ring (bicyclic) bond motifs is 2. The van der Waals surface area contributed by atoms with Crippen molar-refractivity contribution in [3.63, 3.8) is 0 Å². The number of amides is 1. The molecule has 0 N–H and O–H groups in total. The zero-order valence-electron chi connectivity index (χ0n) is 8.86. The first-order chi connectivity index (χ1) is 7.86. The molecule has 78 valence electrons. The Morgan fingerprint density at radius 3 is 3.00 bits per heavy atom. The number of hydrogen-bond donors (Lipinski definition) is 0. The van der Waals surface area contributed by atoms with E-state index in [1.807, 2.05) is 11.0 Å². The Labute approximate surface area is 93.5 Å². The highest BCUT2D eigenvalue weighted by molar-refractivity contribution is 6.26. The number of aryl methyl sites for hydroxylation is 1. The van der Waals surface area contributed by atoms with Gasteiger partial charge in [-0.15, -0.1) is 0 Å². The maximum atomic E-state index is 12.3. The summed E-state index contributed by atoms with van der Waals surface area (Å²) in [5.74, 6) is 0.208. The van der Waals surface area contributed by atoms with Gasteiger partial charge in [-0.05, 0) is 29.9 Å². The van der Waals surface area contributed by atoms with Crippen molar-refractivity contribution in [1.29, 1.82) is 0 Å². The van der Waals surface area contributed by atoms with Crippen LogP contribution in [-0.4, -0.2) is 12.5 Å². The summed E-state index contributed by atoms with van der Waals surface area (Å²) in [5.41, 5.74) is 3.30. The van der Waals surface area contributed by atoms with Crippen LogP contribution in [0.1, 0.15) is 22.3 Å². The molecule has 2 heteroatoms. The summed E-state index contributed by atoms with van der Waals surface area (Å²) in [6.45, 7) is 0.857. The van der Waals surface area contributed by atoms with Crippen molar-refractivity contribution >= 4 is 22.4 Å². The smallest absolute Gasteiger partial charge is 0.259 e. The molecule has 0 aliphatic carbocycles. The van der Waals surface area contributed by atoms with Gasteiger partial charge < -0.3 is 4.90 Å². The van der Waals surface area contributed by atoms with Gasteiger partial charge in [0.15, 0.2) is 0 Å². The van der Waals surface area contributed by atoms with Crippen LogP contribution in [-0.2, 0) is 6.42 Å². The fourth-order valence-corrected chi connectivity index (χ4v) is 2.97. The Morgan fingerprint density at radius 1 is 1.12 bits per heavy atom. The minimum absolute atomic E-state index is 0.208. The lowest BCUT2D eigenvalue weighted by atomic mass is 9.97. The van der Waals surface area contributed by atoms with Gasteiger partial charge in [0.05, 0.1) is 11.3 Å². The lowest BCUT2D eigenvalue weighted by Crippen LogP contribution is -2.26. The molecule has 2 bridgehead atoms. The van der Waals surface area contributed by atoms with Gasteiger partial charge in [0, 0.05) is 11.9 Å². The number of nitrogens with zero attached hydrogens (tertiary/aromatic N) is 1. The Balaban J connectivity index is 2.27. The summed E-state index contributed by atoms with van der Waals surface area (Å²) in [4.78, 5) is 14.2. The highest BCUT2D eigenvalue weighted by Crippen LogP contribution is 2.40. The number of anilines is 1. The van der Waals surface area contributed by atoms with Crippen molar-refractivity contribution in [1.82, 2.24) is 0 Å². The van der Waals surface area contributed by atoms with Crippen LogP contribution in [0.2, 0.25) is 0 Å². The number of rotatable bonds is 0. The maximum Gasteiger partial charge on any atom is 0.259 e. The molecular formula is C14H11NO. The summed E-state index contributed by atoms with van der Waals surface area (Å²) in [6, 6.07) is 10.4. The van der Waals surface area contributed by atoms with E-state index in [1.54, 1.807) is 0 Å². The molecular weight excluding hydrogens is 198 g/mol. The second-order valence-corrected chi connectivity index (χ2v) is 4.54. The van der Waals surface area contributed by atoms with Crippen LogP contribution < -0.4 is 4.90 Å². The Morgan fingerprint density at radius 2 is 2.06 bits per heavy atom. The van der Waals surface area contributed by atoms with Crippen LogP contribution in [0.5, 0.6) is 0 Å². The van der Waals surface area contributed by atoms with Gasteiger partial charge >= 0.3 is 0 Å². The molecule has 2 aliphatic heterocycles. The zero-order chi connectivity index (χ0) is 10.7. The van der Waals surface area contributed by atoms with Crippen molar-refractivity contribution in [3.8, 4) is 0 Å². The van der Waals surface area contributed by atoms with Crippen LogP contribution in [0.15, 0.2) is 30.3 Å². The molecule has 2 aromatic rings. The Hall–Kier alpha value is -1.83. The van der Waals surface area contributed by atoms with Gasteiger partial charge in [0.1, 0.15) is 0 Å². The van der Waals surface area contributed by atoms with Gasteiger partial charge in [0.2, 0.25) is 0 Å². The van der Waals surface area contributed by atoms with Crippen LogP contribution in [0.3, 0.4) is 0 Å². The van der Waals surface area contributed by atoms with Crippen molar-refractivity contribution in [3.05, 3.63) is 41.5 Å². The quantitative estimate of drug-likeness (QED) is 0.653. The molecule has 2 nitrogen and oxygen atoms in total. The van der Waals surface area contributed by atoms with Gasteiger partial charge in [0.25, 0.3) is 5.91 Å². The molecule has 2 aliphatic rings.